The van der Waals surface area contributed by atoms with Gasteiger partial charge in [-0.05, 0) is 20.3 Å². The molecule has 4 nitrogen and oxygen atoms in total. The van der Waals surface area contributed by atoms with Gasteiger partial charge in [0.25, 0.3) is 5.56 Å². The number of rotatable bonds is 4. The molecule has 0 saturated heterocycles. The summed E-state index contributed by atoms with van der Waals surface area (Å²) in [6.45, 7) is 6.16. The Morgan fingerprint density at radius 3 is 2.82 bits per heavy atom. The van der Waals surface area contributed by atoms with Gasteiger partial charge in [0, 0.05) is 5.54 Å². The van der Waals surface area contributed by atoms with E-state index in [0.717, 1.165) is 6.42 Å². The maximum atomic E-state index is 12.0. The van der Waals surface area contributed by atoms with Crippen LogP contribution in [-0.2, 0) is 6.54 Å². The van der Waals surface area contributed by atoms with E-state index >= 15 is 0 Å². The van der Waals surface area contributed by atoms with E-state index in [1.54, 1.807) is 0 Å². The van der Waals surface area contributed by atoms with Crippen LogP contribution < -0.4 is 10.9 Å². The third kappa shape index (κ3) is 3.24. The molecule has 0 unspecified atom stereocenters. The van der Waals surface area contributed by atoms with Gasteiger partial charge in [-0.25, -0.2) is 4.68 Å². The average molecular weight is 254 g/mol. The molecule has 5 heteroatoms. The van der Waals surface area contributed by atoms with Gasteiger partial charge in [-0.15, -0.1) is 6.42 Å². The van der Waals surface area contributed by atoms with Crippen molar-refractivity contribution >= 4 is 17.3 Å². The second-order valence-electron chi connectivity index (χ2n) is 4.40. The van der Waals surface area contributed by atoms with Crippen LogP contribution in [0.5, 0.6) is 0 Å². The summed E-state index contributed by atoms with van der Waals surface area (Å²) < 4.78 is 1.21. The topological polar surface area (TPSA) is 46.9 Å². The number of hydrogen-bond donors (Lipinski definition) is 1. The van der Waals surface area contributed by atoms with Gasteiger partial charge in [0.05, 0.1) is 11.2 Å². The highest BCUT2D eigenvalue weighted by atomic mass is 35.5. The highest BCUT2D eigenvalue weighted by Gasteiger charge is 2.19. The number of nitrogens with one attached hydrogen (secondary N) is 1. The highest BCUT2D eigenvalue weighted by Crippen LogP contribution is 2.21. The standard InChI is InChI=1S/C12H16ClN3O/c1-5-7-16-11(17)10(9(13)8-14-16)15-12(3,4)6-2/h1,8,15H,6-7H2,2-4H3. The van der Waals surface area contributed by atoms with Crippen molar-refractivity contribution in [1.82, 2.24) is 9.78 Å². The molecule has 17 heavy (non-hydrogen) atoms. The molecular weight excluding hydrogens is 238 g/mol. The molecule has 0 amide bonds. The van der Waals surface area contributed by atoms with Crippen LogP contribution in [0, 0.1) is 12.3 Å². The fourth-order valence-corrected chi connectivity index (χ4v) is 1.38. The minimum absolute atomic E-state index is 0.136. The first-order chi connectivity index (χ1) is 7.91. The molecule has 0 aromatic carbocycles. The zero-order valence-electron chi connectivity index (χ0n) is 10.2. The van der Waals surface area contributed by atoms with E-state index < -0.39 is 0 Å². The molecule has 0 aliphatic heterocycles. The minimum Gasteiger partial charge on any atom is -0.374 e. The molecule has 1 heterocycles. The van der Waals surface area contributed by atoms with Gasteiger partial charge < -0.3 is 5.32 Å². The molecule has 0 aliphatic carbocycles. The molecule has 92 valence electrons. The van der Waals surface area contributed by atoms with Crippen molar-refractivity contribution in [3.8, 4) is 12.3 Å². The maximum absolute atomic E-state index is 12.0. The third-order valence-electron chi connectivity index (χ3n) is 2.59. The summed E-state index contributed by atoms with van der Waals surface area (Å²) in [5.74, 6) is 2.38. The lowest BCUT2D eigenvalue weighted by atomic mass is 10.0. The van der Waals surface area contributed by atoms with E-state index in [1.165, 1.54) is 10.9 Å². The van der Waals surface area contributed by atoms with Crippen molar-refractivity contribution in [2.75, 3.05) is 5.32 Å². The summed E-state index contributed by atoms with van der Waals surface area (Å²) >= 11 is 5.97. The summed E-state index contributed by atoms with van der Waals surface area (Å²) in [6, 6.07) is 0. The average Bonchev–Trinajstić information content (AvgIpc) is 2.28. The van der Waals surface area contributed by atoms with Gasteiger partial charge >= 0.3 is 0 Å². The Morgan fingerprint density at radius 2 is 2.29 bits per heavy atom. The SMILES string of the molecule is C#CCn1ncc(Cl)c(NC(C)(C)CC)c1=O. The fourth-order valence-electron chi connectivity index (χ4n) is 1.21. The molecule has 0 bridgehead atoms. The maximum Gasteiger partial charge on any atom is 0.292 e. The van der Waals surface area contributed by atoms with E-state index in [4.69, 9.17) is 18.0 Å². The van der Waals surface area contributed by atoms with Crippen molar-refractivity contribution in [3.05, 3.63) is 21.6 Å². The Morgan fingerprint density at radius 1 is 1.65 bits per heavy atom. The Kier molecular flexibility index (Phi) is 4.19. The summed E-state index contributed by atoms with van der Waals surface area (Å²) in [5, 5.41) is 7.31. The molecular formula is C12H16ClN3O. The third-order valence-corrected chi connectivity index (χ3v) is 2.87. The number of hydrogen-bond acceptors (Lipinski definition) is 3. The first-order valence-electron chi connectivity index (χ1n) is 5.38. The molecule has 0 spiro atoms. The lowest BCUT2D eigenvalue weighted by molar-refractivity contribution is 0.543. The van der Waals surface area contributed by atoms with Crippen molar-refractivity contribution < 1.29 is 0 Å². The van der Waals surface area contributed by atoms with Gasteiger partial charge in [0.2, 0.25) is 0 Å². The normalized spacial score (nSPS) is 11.0. The van der Waals surface area contributed by atoms with Gasteiger partial charge in [-0.1, -0.05) is 24.4 Å². The first-order valence-corrected chi connectivity index (χ1v) is 5.76. The van der Waals surface area contributed by atoms with Crippen LogP contribution in [0.25, 0.3) is 0 Å². The summed E-state index contributed by atoms with van der Waals surface area (Å²) in [7, 11) is 0. The lowest BCUT2D eigenvalue weighted by Gasteiger charge is -2.26. The van der Waals surface area contributed by atoms with Crippen molar-refractivity contribution in [2.45, 2.75) is 39.3 Å². The fraction of sp³-hybridized carbons (Fsp3) is 0.500. The molecule has 0 radical (unpaired) electrons. The molecule has 0 fully saturated rings. The van der Waals surface area contributed by atoms with Crippen molar-refractivity contribution in [2.24, 2.45) is 0 Å². The summed E-state index contributed by atoms with van der Waals surface area (Å²) in [6.07, 6.45) is 7.45. The molecule has 1 N–H and O–H groups in total. The second kappa shape index (κ2) is 5.24. The monoisotopic (exact) mass is 253 g/mol. The van der Waals surface area contributed by atoms with E-state index in [9.17, 15) is 4.79 Å². The van der Waals surface area contributed by atoms with Crippen molar-refractivity contribution in [1.29, 1.82) is 0 Å². The number of anilines is 1. The summed E-state index contributed by atoms with van der Waals surface area (Å²) in [4.78, 5) is 12.0. The second-order valence-corrected chi connectivity index (χ2v) is 4.80. The van der Waals surface area contributed by atoms with Crippen LogP contribution in [0.15, 0.2) is 11.0 Å². The Hall–Kier alpha value is -1.47. The van der Waals surface area contributed by atoms with Gasteiger partial charge in [0.1, 0.15) is 12.2 Å². The number of nitrogens with zero attached hydrogens (tertiary/aromatic N) is 2. The predicted molar refractivity (Wildman–Crippen MR) is 70.3 cm³/mol. The minimum atomic E-state index is -0.294. The Labute approximate surface area is 106 Å². The summed E-state index contributed by atoms with van der Waals surface area (Å²) in [5.41, 5.74) is -0.154. The number of halogens is 1. The number of terminal acetylenes is 1. The molecule has 1 aromatic heterocycles. The lowest BCUT2D eigenvalue weighted by Crippen LogP contribution is -2.35. The quantitative estimate of drug-likeness (QED) is 0.837. The zero-order chi connectivity index (χ0) is 13.1. The van der Waals surface area contributed by atoms with Crippen LogP contribution in [0.2, 0.25) is 5.02 Å². The van der Waals surface area contributed by atoms with Gasteiger partial charge in [-0.3, -0.25) is 4.79 Å². The van der Waals surface area contributed by atoms with Gasteiger partial charge in [0.15, 0.2) is 0 Å². The van der Waals surface area contributed by atoms with Gasteiger partial charge in [-0.2, -0.15) is 5.10 Å². The van der Waals surface area contributed by atoms with E-state index in [1.807, 2.05) is 20.8 Å². The van der Waals surface area contributed by atoms with Crippen LogP contribution in [-0.4, -0.2) is 15.3 Å². The zero-order valence-corrected chi connectivity index (χ0v) is 11.0. The van der Waals surface area contributed by atoms with E-state index in [2.05, 4.69) is 16.3 Å². The smallest absolute Gasteiger partial charge is 0.292 e. The van der Waals surface area contributed by atoms with E-state index in [-0.39, 0.29) is 17.6 Å². The molecule has 0 atom stereocenters. The number of aromatic nitrogens is 2. The highest BCUT2D eigenvalue weighted by molar-refractivity contribution is 6.33. The largest absolute Gasteiger partial charge is 0.374 e. The van der Waals surface area contributed by atoms with E-state index in [0.29, 0.717) is 10.7 Å². The van der Waals surface area contributed by atoms with Crippen LogP contribution >= 0.6 is 11.6 Å². The van der Waals surface area contributed by atoms with Crippen LogP contribution in [0.1, 0.15) is 27.2 Å². The molecule has 1 rings (SSSR count). The Balaban J connectivity index is 3.20. The van der Waals surface area contributed by atoms with Crippen LogP contribution in [0.4, 0.5) is 5.69 Å². The predicted octanol–water partition coefficient (Wildman–Crippen LogP) is 2.13. The van der Waals surface area contributed by atoms with Crippen LogP contribution in [0.3, 0.4) is 0 Å². The molecule has 1 aromatic rings. The molecule has 0 aliphatic rings. The first kappa shape index (κ1) is 13.6. The Bertz CT molecular complexity index is 499. The van der Waals surface area contributed by atoms with Crippen molar-refractivity contribution in [3.63, 3.8) is 0 Å². The molecule has 0 saturated carbocycles.